The van der Waals surface area contributed by atoms with Crippen LogP contribution >= 0.6 is 0 Å². The Morgan fingerprint density at radius 2 is 1.73 bits per heavy atom. The van der Waals surface area contributed by atoms with Crippen LogP contribution in [0.4, 0.5) is 0 Å². The molecule has 1 unspecified atom stereocenters. The molecule has 0 aliphatic carbocycles. The standard InChI is InChI=1S/C18H25NO7/c1-23-11-18(17(21)22)6-5-7-19(10-18)16(20)12-8-13(24-2)15(26-4)14(9-12)25-3/h8-9H,5-7,10-11H2,1-4H3,(H,21,22). The normalized spacial score (nSPS) is 19.8. The lowest BCUT2D eigenvalue weighted by molar-refractivity contribution is -0.155. The van der Waals surface area contributed by atoms with E-state index < -0.39 is 11.4 Å². The molecule has 1 fully saturated rings. The molecule has 1 aromatic rings. The first-order valence-corrected chi connectivity index (χ1v) is 8.24. The summed E-state index contributed by atoms with van der Waals surface area (Å²) in [5.41, 5.74) is -0.748. The number of rotatable bonds is 7. The van der Waals surface area contributed by atoms with Gasteiger partial charge < -0.3 is 29.0 Å². The number of piperidine rings is 1. The van der Waals surface area contributed by atoms with E-state index in [1.807, 2.05) is 0 Å². The third kappa shape index (κ3) is 3.70. The van der Waals surface area contributed by atoms with Gasteiger partial charge in [-0.05, 0) is 25.0 Å². The summed E-state index contributed by atoms with van der Waals surface area (Å²) in [6.07, 6.45) is 1.06. The lowest BCUT2D eigenvalue weighted by Gasteiger charge is -2.39. The molecule has 1 heterocycles. The van der Waals surface area contributed by atoms with Crippen LogP contribution in [0.2, 0.25) is 0 Å². The van der Waals surface area contributed by atoms with E-state index in [9.17, 15) is 14.7 Å². The Bertz CT molecular complexity index is 646. The third-order valence-electron chi connectivity index (χ3n) is 4.65. The monoisotopic (exact) mass is 367 g/mol. The van der Waals surface area contributed by atoms with Crippen LogP contribution in [-0.2, 0) is 9.53 Å². The lowest BCUT2D eigenvalue weighted by Crippen LogP contribution is -2.52. The van der Waals surface area contributed by atoms with Crippen molar-refractivity contribution in [2.75, 3.05) is 48.1 Å². The second-order valence-corrected chi connectivity index (χ2v) is 6.26. The molecule has 0 aromatic heterocycles. The Kier molecular flexibility index (Phi) is 6.31. The fourth-order valence-electron chi connectivity index (χ4n) is 3.32. The van der Waals surface area contributed by atoms with Crippen molar-refractivity contribution in [2.45, 2.75) is 12.8 Å². The molecule has 26 heavy (non-hydrogen) atoms. The van der Waals surface area contributed by atoms with Gasteiger partial charge in [-0.15, -0.1) is 0 Å². The maximum Gasteiger partial charge on any atom is 0.313 e. The van der Waals surface area contributed by atoms with Gasteiger partial charge in [-0.3, -0.25) is 9.59 Å². The van der Waals surface area contributed by atoms with Crippen molar-refractivity contribution < 1.29 is 33.6 Å². The van der Waals surface area contributed by atoms with Gasteiger partial charge in [0.05, 0.1) is 27.9 Å². The quantitative estimate of drug-likeness (QED) is 0.783. The number of ether oxygens (including phenoxy) is 4. The number of carboxylic acids is 1. The molecule has 1 aromatic carbocycles. The highest BCUT2D eigenvalue weighted by molar-refractivity contribution is 5.96. The van der Waals surface area contributed by atoms with Gasteiger partial charge in [0, 0.05) is 25.8 Å². The maximum absolute atomic E-state index is 13.0. The smallest absolute Gasteiger partial charge is 0.313 e. The summed E-state index contributed by atoms with van der Waals surface area (Å²) in [5, 5.41) is 9.65. The predicted molar refractivity (Wildman–Crippen MR) is 93.2 cm³/mol. The van der Waals surface area contributed by atoms with E-state index >= 15 is 0 Å². The maximum atomic E-state index is 13.0. The molecule has 0 spiro atoms. The molecule has 1 saturated heterocycles. The molecule has 1 N–H and O–H groups in total. The first-order valence-electron chi connectivity index (χ1n) is 8.24. The van der Waals surface area contributed by atoms with E-state index in [1.165, 1.54) is 33.3 Å². The van der Waals surface area contributed by atoms with Crippen LogP contribution in [-0.4, -0.2) is 70.0 Å². The Balaban J connectivity index is 2.35. The molecule has 8 nitrogen and oxygen atoms in total. The molecule has 0 bridgehead atoms. The van der Waals surface area contributed by atoms with Crippen molar-refractivity contribution in [3.8, 4) is 17.2 Å². The number of likely N-dealkylation sites (tertiary alicyclic amines) is 1. The van der Waals surface area contributed by atoms with Crippen molar-refractivity contribution in [3.05, 3.63) is 17.7 Å². The number of benzene rings is 1. The van der Waals surface area contributed by atoms with Gasteiger partial charge in [0.15, 0.2) is 11.5 Å². The molecule has 2 rings (SSSR count). The van der Waals surface area contributed by atoms with Crippen molar-refractivity contribution >= 4 is 11.9 Å². The van der Waals surface area contributed by atoms with Crippen molar-refractivity contribution in [1.29, 1.82) is 0 Å². The third-order valence-corrected chi connectivity index (χ3v) is 4.65. The molecule has 0 radical (unpaired) electrons. The minimum absolute atomic E-state index is 0.0569. The second kappa shape index (κ2) is 8.27. The minimum atomic E-state index is -1.09. The molecule has 1 aliphatic heterocycles. The highest BCUT2D eigenvalue weighted by atomic mass is 16.5. The molecule has 8 heteroatoms. The first-order chi connectivity index (χ1) is 12.4. The van der Waals surface area contributed by atoms with E-state index in [0.29, 0.717) is 42.2 Å². The summed E-state index contributed by atoms with van der Waals surface area (Å²) in [6, 6.07) is 3.13. The predicted octanol–water partition coefficient (Wildman–Crippen LogP) is 1.67. The molecule has 1 amide bonds. The van der Waals surface area contributed by atoms with Gasteiger partial charge in [0.1, 0.15) is 5.41 Å². The number of methoxy groups -OCH3 is 4. The summed E-state index contributed by atoms with van der Waals surface area (Å²) in [7, 11) is 5.89. The minimum Gasteiger partial charge on any atom is -0.493 e. The topological polar surface area (TPSA) is 94.5 Å². The average Bonchev–Trinajstić information content (AvgIpc) is 2.66. The Morgan fingerprint density at radius 1 is 1.12 bits per heavy atom. The summed E-state index contributed by atoms with van der Waals surface area (Å²) in [4.78, 5) is 26.3. The zero-order valence-electron chi connectivity index (χ0n) is 15.5. The molecular weight excluding hydrogens is 342 g/mol. The second-order valence-electron chi connectivity index (χ2n) is 6.26. The van der Waals surface area contributed by atoms with Crippen molar-refractivity contribution in [3.63, 3.8) is 0 Å². The van der Waals surface area contributed by atoms with Gasteiger partial charge in [-0.2, -0.15) is 0 Å². The van der Waals surface area contributed by atoms with E-state index in [2.05, 4.69) is 0 Å². The van der Waals surface area contributed by atoms with Crippen molar-refractivity contribution in [1.82, 2.24) is 4.90 Å². The van der Waals surface area contributed by atoms with Crippen molar-refractivity contribution in [2.24, 2.45) is 5.41 Å². The zero-order chi connectivity index (χ0) is 19.3. The molecule has 1 atom stereocenters. The molecular formula is C18H25NO7. The van der Waals surface area contributed by atoms with E-state index in [0.717, 1.165) is 0 Å². The van der Waals surface area contributed by atoms with Gasteiger partial charge >= 0.3 is 5.97 Å². The van der Waals surface area contributed by atoms with Crippen LogP contribution in [0.15, 0.2) is 12.1 Å². The van der Waals surface area contributed by atoms with Gasteiger partial charge in [-0.1, -0.05) is 0 Å². The van der Waals surface area contributed by atoms with Gasteiger partial charge in [0.2, 0.25) is 5.75 Å². The summed E-state index contributed by atoms with van der Waals surface area (Å²) >= 11 is 0. The number of amides is 1. The number of aliphatic carboxylic acids is 1. The Morgan fingerprint density at radius 3 is 2.19 bits per heavy atom. The van der Waals surface area contributed by atoms with E-state index in [1.54, 1.807) is 12.1 Å². The van der Waals surface area contributed by atoms with Crippen LogP contribution < -0.4 is 14.2 Å². The average molecular weight is 367 g/mol. The van der Waals surface area contributed by atoms with E-state index in [4.69, 9.17) is 18.9 Å². The highest BCUT2D eigenvalue weighted by Crippen LogP contribution is 2.39. The van der Waals surface area contributed by atoms with Crippen LogP contribution in [0.3, 0.4) is 0 Å². The van der Waals surface area contributed by atoms with Crippen LogP contribution in [0.1, 0.15) is 23.2 Å². The lowest BCUT2D eigenvalue weighted by atomic mass is 9.80. The fraction of sp³-hybridized carbons (Fsp3) is 0.556. The van der Waals surface area contributed by atoms with Gasteiger partial charge in [0.25, 0.3) is 5.91 Å². The number of nitrogens with zero attached hydrogens (tertiary/aromatic N) is 1. The molecule has 1 aliphatic rings. The fourth-order valence-corrected chi connectivity index (χ4v) is 3.32. The summed E-state index contributed by atoms with van der Waals surface area (Å²) < 4.78 is 20.9. The number of hydrogen-bond donors (Lipinski definition) is 1. The van der Waals surface area contributed by atoms with Crippen LogP contribution in [0, 0.1) is 5.41 Å². The SMILES string of the molecule is COCC1(C(=O)O)CCCN(C(=O)c2cc(OC)c(OC)c(OC)c2)C1. The van der Waals surface area contributed by atoms with Crippen LogP contribution in [0.25, 0.3) is 0 Å². The molecule has 144 valence electrons. The van der Waals surface area contributed by atoms with Crippen LogP contribution in [0.5, 0.6) is 17.2 Å². The van der Waals surface area contributed by atoms with E-state index in [-0.39, 0.29) is 19.1 Å². The summed E-state index contributed by atoms with van der Waals surface area (Å²) in [5.74, 6) is -0.112. The highest BCUT2D eigenvalue weighted by Gasteiger charge is 2.44. The Hall–Kier alpha value is -2.48. The first kappa shape index (κ1) is 19.8. The Labute approximate surface area is 152 Å². The zero-order valence-corrected chi connectivity index (χ0v) is 15.5. The number of carbonyl (C=O) groups excluding carboxylic acids is 1. The summed E-state index contributed by atoms with van der Waals surface area (Å²) in [6.45, 7) is 0.626. The number of hydrogen-bond acceptors (Lipinski definition) is 6. The number of carboxylic acid groups (broad SMARTS) is 1. The molecule has 0 saturated carbocycles. The largest absolute Gasteiger partial charge is 0.493 e. The number of carbonyl (C=O) groups is 2. The van der Waals surface area contributed by atoms with Gasteiger partial charge in [-0.25, -0.2) is 0 Å².